The second kappa shape index (κ2) is 9.97. The highest BCUT2D eigenvalue weighted by Gasteiger charge is 2.40. The number of hydrogen-bond acceptors (Lipinski definition) is 3. The molecule has 0 spiro atoms. The van der Waals surface area contributed by atoms with Gasteiger partial charge in [0.15, 0.2) is 8.32 Å². The minimum atomic E-state index is -3.65. The molecule has 2 atom stereocenters. The molecule has 7 heteroatoms. The highest BCUT2D eigenvalue weighted by atomic mass is 31.2. The summed E-state index contributed by atoms with van der Waals surface area (Å²) in [6, 6.07) is 13.7. The number of rotatable bonds is 10. The summed E-state index contributed by atoms with van der Waals surface area (Å²) in [7, 11) is -5.66. The lowest BCUT2D eigenvalue weighted by molar-refractivity contribution is 0.0999. The first kappa shape index (κ1) is 25.1. The summed E-state index contributed by atoms with van der Waals surface area (Å²) in [5.74, 6) is 0. The Bertz CT molecular complexity index is 838. The molecule has 2 aromatic rings. The maximum absolute atomic E-state index is 12.5. The Kier molecular flexibility index (Phi) is 8.34. The van der Waals surface area contributed by atoms with E-state index in [0.29, 0.717) is 12.8 Å². The lowest BCUT2D eigenvalue weighted by atomic mass is 10.2. The Balaban J connectivity index is 2.04. The van der Waals surface area contributed by atoms with Gasteiger partial charge < -0.3 is 18.4 Å². The standard InChI is InChI=1S/C23H38NO4PSi/c1-19-15-16-20(2)24(19)22(28-30(6,7)23(3,4)5)14-11-17-29(25,26)27-18-21-12-9-8-10-13-21/h8-10,12-13,15-16,22H,11,14,17-18H2,1-7H3,(H,25,26). The molecule has 0 fully saturated rings. The minimum absolute atomic E-state index is 0.0886. The molecule has 1 N–H and O–H groups in total. The predicted molar refractivity (Wildman–Crippen MR) is 126 cm³/mol. The van der Waals surface area contributed by atoms with Crippen molar-refractivity contribution in [3.05, 3.63) is 59.4 Å². The molecule has 5 nitrogen and oxygen atoms in total. The van der Waals surface area contributed by atoms with Crippen molar-refractivity contribution in [1.29, 1.82) is 0 Å². The Hall–Kier alpha value is -1.17. The van der Waals surface area contributed by atoms with Crippen molar-refractivity contribution in [1.82, 2.24) is 4.57 Å². The molecular weight excluding hydrogens is 413 g/mol. The van der Waals surface area contributed by atoms with Crippen LogP contribution >= 0.6 is 7.60 Å². The number of hydrogen-bond donors (Lipinski definition) is 1. The minimum Gasteiger partial charge on any atom is -0.397 e. The Morgan fingerprint density at radius 3 is 2.17 bits per heavy atom. The normalized spacial score (nSPS) is 15.7. The summed E-state index contributed by atoms with van der Waals surface area (Å²) in [5.41, 5.74) is 3.18. The van der Waals surface area contributed by atoms with E-state index in [2.05, 4.69) is 64.4 Å². The van der Waals surface area contributed by atoms with E-state index in [1.165, 1.54) is 0 Å². The van der Waals surface area contributed by atoms with Crippen molar-refractivity contribution >= 4 is 15.9 Å². The smallest absolute Gasteiger partial charge is 0.328 e. The zero-order valence-electron chi connectivity index (χ0n) is 19.5. The van der Waals surface area contributed by atoms with Crippen LogP contribution in [0.25, 0.3) is 0 Å². The summed E-state index contributed by atoms with van der Waals surface area (Å²) in [6.45, 7) is 15.5. The van der Waals surface area contributed by atoms with Crippen LogP contribution in [0.15, 0.2) is 42.5 Å². The van der Waals surface area contributed by atoms with Crippen molar-refractivity contribution in [2.24, 2.45) is 0 Å². The van der Waals surface area contributed by atoms with Gasteiger partial charge in [-0.15, -0.1) is 0 Å². The molecule has 0 amide bonds. The van der Waals surface area contributed by atoms with E-state index >= 15 is 0 Å². The van der Waals surface area contributed by atoms with E-state index in [1.807, 2.05) is 30.3 Å². The zero-order chi connectivity index (χ0) is 22.6. The molecule has 0 bridgehead atoms. The fourth-order valence-corrected chi connectivity index (χ4v) is 5.49. The van der Waals surface area contributed by atoms with Crippen molar-refractivity contribution in [2.45, 2.75) is 78.4 Å². The van der Waals surface area contributed by atoms with Gasteiger partial charge in [0.05, 0.1) is 12.8 Å². The van der Waals surface area contributed by atoms with Crippen molar-refractivity contribution < 1.29 is 18.4 Å². The molecule has 1 aromatic carbocycles. The lowest BCUT2D eigenvalue weighted by Crippen LogP contribution is -2.43. The summed E-state index contributed by atoms with van der Waals surface area (Å²) in [5, 5.41) is 0.0886. The molecule has 0 aliphatic heterocycles. The average molecular weight is 452 g/mol. The average Bonchev–Trinajstić information content (AvgIpc) is 2.97. The maximum atomic E-state index is 12.5. The molecular formula is C23H38NO4PSi. The first-order valence-corrected chi connectivity index (χ1v) is 15.3. The molecule has 2 rings (SSSR count). The van der Waals surface area contributed by atoms with Gasteiger partial charge in [-0.25, -0.2) is 0 Å². The van der Waals surface area contributed by atoms with Gasteiger partial charge in [0.2, 0.25) is 0 Å². The second-order valence-corrected chi connectivity index (χ2v) is 16.3. The topological polar surface area (TPSA) is 60.7 Å². The van der Waals surface area contributed by atoms with Crippen molar-refractivity contribution in [3.63, 3.8) is 0 Å². The van der Waals surface area contributed by atoms with Gasteiger partial charge >= 0.3 is 7.60 Å². The molecule has 0 saturated heterocycles. The Labute approximate surface area is 183 Å². The van der Waals surface area contributed by atoms with Gasteiger partial charge in [-0.3, -0.25) is 4.57 Å². The van der Waals surface area contributed by atoms with E-state index in [1.54, 1.807) is 0 Å². The van der Waals surface area contributed by atoms with Crippen molar-refractivity contribution in [2.75, 3.05) is 6.16 Å². The first-order valence-electron chi connectivity index (χ1n) is 10.6. The van der Waals surface area contributed by atoms with Gasteiger partial charge in [0.25, 0.3) is 0 Å². The number of aromatic nitrogens is 1. The Morgan fingerprint density at radius 1 is 1.07 bits per heavy atom. The summed E-state index contributed by atoms with van der Waals surface area (Å²) in [4.78, 5) is 10.3. The van der Waals surface area contributed by atoms with Crippen LogP contribution in [0, 0.1) is 13.8 Å². The van der Waals surface area contributed by atoms with E-state index in [-0.39, 0.29) is 24.0 Å². The zero-order valence-corrected chi connectivity index (χ0v) is 21.4. The van der Waals surface area contributed by atoms with Crippen LogP contribution in [0.1, 0.15) is 56.8 Å². The molecule has 1 heterocycles. The third-order valence-corrected chi connectivity index (χ3v) is 11.9. The summed E-state index contributed by atoms with van der Waals surface area (Å²) >= 11 is 0. The van der Waals surface area contributed by atoms with Crippen LogP contribution in [0.4, 0.5) is 0 Å². The largest absolute Gasteiger partial charge is 0.397 e. The second-order valence-electron chi connectivity index (χ2n) is 9.58. The van der Waals surface area contributed by atoms with Gasteiger partial charge in [-0.1, -0.05) is 51.1 Å². The number of nitrogens with zero attached hydrogens (tertiary/aromatic N) is 1. The third kappa shape index (κ3) is 6.93. The highest BCUT2D eigenvalue weighted by Crippen LogP contribution is 2.45. The van der Waals surface area contributed by atoms with Crippen LogP contribution in [0.5, 0.6) is 0 Å². The molecule has 0 aliphatic carbocycles. The van der Waals surface area contributed by atoms with Gasteiger partial charge in [0.1, 0.15) is 6.23 Å². The highest BCUT2D eigenvalue weighted by molar-refractivity contribution is 7.52. The molecule has 0 saturated carbocycles. The van der Waals surface area contributed by atoms with Gasteiger partial charge in [-0.2, -0.15) is 0 Å². The molecule has 0 radical (unpaired) electrons. The number of aryl methyl sites for hydroxylation is 2. The fraction of sp³-hybridized carbons (Fsp3) is 0.565. The SMILES string of the molecule is Cc1ccc(C)n1C(CCCP(=O)(O)OCc1ccccc1)O[Si](C)(C)C(C)(C)C. The number of benzene rings is 1. The van der Waals surface area contributed by atoms with Crippen LogP contribution in [0.3, 0.4) is 0 Å². The monoisotopic (exact) mass is 451 g/mol. The Morgan fingerprint density at radius 2 is 1.63 bits per heavy atom. The first-order chi connectivity index (χ1) is 13.8. The molecule has 2 unspecified atom stereocenters. The van der Waals surface area contributed by atoms with Crippen LogP contribution in [-0.4, -0.2) is 23.9 Å². The molecule has 168 valence electrons. The van der Waals surface area contributed by atoms with Gasteiger partial charge in [-0.05, 0) is 62.5 Å². The summed E-state index contributed by atoms with van der Waals surface area (Å²) in [6.07, 6.45) is 1.20. The molecule has 1 aromatic heterocycles. The van der Waals surface area contributed by atoms with E-state index < -0.39 is 15.9 Å². The quantitative estimate of drug-likeness (QED) is 0.318. The third-order valence-electron chi connectivity index (χ3n) is 6.02. The molecule has 0 aliphatic rings. The van der Waals surface area contributed by atoms with Crippen LogP contribution < -0.4 is 0 Å². The fourth-order valence-electron chi connectivity index (χ4n) is 3.17. The van der Waals surface area contributed by atoms with Gasteiger partial charge in [0, 0.05) is 11.4 Å². The lowest BCUT2D eigenvalue weighted by Gasteiger charge is -2.40. The molecule has 30 heavy (non-hydrogen) atoms. The van der Waals surface area contributed by atoms with Crippen LogP contribution in [-0.2, 0) is 20.1 Å². The van der Waals surface area contributed by atoms with E-state index in [9.17, 15) is 9.46 Å². The van der Waals surface area contributed by atoms with Crippen LogP contribution in [0.2, 0.25) is 18.1 Å². The van der Waals surface area contributed by atoms with Crippen molar-refractivity contribution in [3.8, 4) is 0 Å². The van der Waals surface area contributed by atoms with E-state index in [4.69, 9.17) is 8.95 Å². The summed E-state index contributed by atoms with van der Waals surface area (Å²) < 4.78 is 26.8. The predicted octanol–water partition coefficient (Wildman–Crippen LogP) is 6.81. The van der Waals surface area contributed by atoms with E-state index in [0.717, 1.165) is 17.0 Å². The maximum Gasteiger partial charge on any atom is 0.328 e.